The fourth-order valence-corrected chi connectivity index (χ4v) is 3.72. The van der Waals surface area contributed by atoms with Gasteiger partial charge in [-0.05, 0) is 41.5 Å². The highest BCUT2D eigenvalue weighted by Crippen LogP contribution is 2.27. The minimum absolute atomic E-state index is 0.283. The lowest BCUT2D eigenvalue weighted by Gasteiger charge is -2.20. The average Bonchev–Trinajstić information content (AvgIpc) is 2.89. The molecule has 2 amide bonds. The van der Waals surface area contributed by atoms with E-state index in [0.29, 0.717) is 23.4 Å². The van der Waals surface area contributed by atoms with E-state index in [1.807, 2.05) is 84.9 Å². The van der Waals surface area contributed by atoms with Crippen LogP contribution >= 0.6 is 0 Å². The van der Waals surface area contributed by atoms with Gasteiger partial charge >= 0.3 is 0 Å². The SMILES string of the molecule is COc1ccc(C(=O)NC(Cc2ccccc2)C(=O)Nc2ccccc2-c2ccccc2)cc1. The van der Waals surface area contributed by atoms with Crippen molar-refractivity contribution in [3.8, 4) is 16.9 Å². The molecule has 0 radical (unpaired) electrons. The molecule has 0 bridgehead atoms. The lowest BCUT2D eigenvalue weighted by molar-refractivity contribution is -0.118. The number of amides is 2. The summed E-state index contributed by atoms with van der Waals surface area (Å²) in [5, 5.41) is 5.94. The standard InChI is InChI=1S/C29H26N2O3/c1-34-24-18-16-23(17-19-24)28(32)31-27(20-21-10-4-2-5-11-21)29(33)30-26-15-9-8-14-25(26)22-12-6-3-7-13-22/h2-19,27H,20H2,1H3,(H,30,33)(H,31,32). The molecule has 1 unspecified atom stereocenters. The lowest BCUT2D eigenvalue weighted by atomic mass is 10.0. The van der Waals surface area contributed by atoms with Crippen molar-refractivity contribution >= 4 is 17.5 Å². The van der Waals surface area contributed by atoms with E-state index in [2.05, 4.69) is 10.6 Å². The third kappa shape index (κ3) is 5.70. The summed E-state index contributed by atoms with van der Waals surface area (Å²) in [6.45, 7) is 0. The molecule has 5 nitrogen and oxygen atoms in total. The van der Waals surface area contributed by atoms with Crippen LogP contribution < -0.4 is 15.4 Å². The van der Waals surface area contributed by atoms with Crippen LogP contribution in [0.4, 0.5) is 5.69 Å². The Morgan fingerprint density at radius 3 is 2.06 bits per heavy atom. The van der Waals surface area contributed by atoms with E-state index in [1.165, 1.54) is 0 Å². The fraction of sp³-hybridized carbons (Fsp3) is 0.103. The molecular weight excluding hydrogens is 424 g/mol. The van der Waals surface area contributed by atoms with Gasteiger partial charge in [0.25, 0.3) is 5.91 Å². The Morgan fingerprint density at radius 2 is 1.38 bits per heavy atom. The molecule has 4 rings (SSSR count). The fourth-order valence-electron chi connectivity index (χ4n) is 3.72. The first-order chi connectivity index (χ1) is 16.6. The zero-order chi connectivity index (χ0) is 23.8. The van der Waals surface area contributed by atoms with Crippen LogP contribution in [0.1, 0.15) is 15.9 Å². The summed E-state index contributed by atoms with van der Waals surface area (Å²) in [5.74, 6) is 0.0526. The van der Waals surface area contributed by atoms with Crippen molar-refractivity contribution in [2.45, 2.75) is 12.5 Å². The van der Waals surface area contributed by atoms with Crippen LogP contribution in [0, 0.1) is 0 Å². The molecule has 34 heavy (non-hydrogen) atoms. The molecule has 170 valence electrons. The van der Waals surface area contributed by atoms with Crippen LogP contribution in [0.15, 0.2) is 109 Å². The number of carbonyl (C=O) groups is 2. The molecule has 0 saturated heterocycles. The van der Waals surface area contributed by atoms with Gasteiger partial charge in [-0.15, -0.1) is 0 Å². The van der Waals surface area contributed by atoms with Crippen LogP contribution in [-0.2, 0) is 11.2 Å². The number of anilines is 1. The summed E-state index contributed by atoms with van der Waals surface area (Å²) >= 11 is 0. The first-order valence-corrected chi connectivity index (χ1v) is 11.1. The second-order valence-electron chi connectivity index (χ2n) is 7.85. The minimum Gasteiger partial charge on any atom is -0.497 e. The molecule has 5 heteroatoms. The third-order valence-corrected chi connectivity index (χ3v) is 5.53. The quantitative estimate of drug-likeness (QED) is 0.381. The van der Waals surface area contributed by atoms with Crippen molar-refractivity contribution < 1.29 is 14.3 Å². The van der Waals surface area contributed by atoms with Gasteiger partial charge in [-0.1, -0.05) is 78.9 Å². The number of hydrogen-bond acceptors (Lipinski definition) is 3. The summed E-state index contributed by atoms with van der Waals surface area (Å²) in [6, 6.07) is 33.2. The van der Waals surface area contributed by atoms with Crippen molar-refractivity contribution in [2.75, 3.05) is 12.4 Å². The van der Waals surface area contributed by atoms with E-state index in [0.717, 1.165) is 16.7 Å². The highest BCUT2D eigenvalue weighted by molar-refractivity contribution is 6.03. The first kappa shape index (κ1) is 22.8. The smallest absolute Gasteiger partial charge is 0.251 e. The molecule has 0 aromatic heterocycles. The predicted octanol–water partition coefficient (Wildman–Crippen LogP) is 5.34. The number of rotatable bonds is 8. The Balaban J connectivity index is 1.57. The Bertz CT molecular complexity index is 1240. The Hall–Kier alpha value is -4.38. The summed E-state index contributed by atoms with van der Waals surface area (Å²) in [4.78, 5) is 26.4. The number of ether oxygens (including phenoxy) is 1. The Labute approximate surface area is 199 Å². The molecule has 1 atom stereocenters. The van der Waals surface area contributed by atoms with E-state index in [1.54, 1.807) is 31.4 Å². The van der Waals surface area contributed by atoms with Crippen molar-refractivity contribution in [1.82, 2.24) is 5.32 Å². The zero-order valence-corrected chi connectivity index (χ0v) is 18.9. The average molecular weight is 451 g/mol. The number of nitrogens with one attached hydrogen (secondary N) is 2. The van der Waals surface area contributed by atoms with Gasteiger partial charge in [-0.25, -0.2) is 0 Å². The molecule has 0 saturated carbocycles. The molecule has 0 fully saturated rings. The largest absolute Gasteiger partial charge is 0.497 e. The number of carbonyl (C=O) groups excluding carboxylic acids is 2. The van der Waals surface area contributed by atoms with Gasteiger partial charge in [-0.2, -0.15) is 0 Å². The van der Waals surface area contributed by atoms with E-state index < -0.39 is 6.04 Å². The monoisotopic (exact) mass is 450 g/mol. The highest BCUT2D eigenvalue weighted by Gasteiger charge is 2.23. The van der Waals surface area contributed by atoms with Crippen LogP contribution in [0.5, 0.6) is 5.75 Å². The summed E-state index contributed by atoms with van der Waals surface area (Å²) in [7, 11) is 1.57. The zero-order valence-electron chi connectivity index (χ0n) is 18.9. The first-order valence-electron chi connectivity index (χ1n) is 11.1. The maximum Gasteiger partial charge on any atom is 0.251 e. The minimum atomic E-state index is -0.763. The van der Waals surface area contributed by atoms with Gasteiger partial charge in [0.05, 0.1) is 7.11 Å². The predicted molar refractivity (Wildman–Crippen MR) is 135 cm³/mol. The van der Waals surface area contributed by atoms with Gasteiger partial charge in [0.15, 0.2) is 0 Å². The van der Waals surface area contributed by atoms with Crippen LogP contribution in [0.3, 0.4) is 0 Å². The summed E-state index contributed by atoms with van der Waals surface area (Å²) in [5.41, 5.74) is 4.01. The number of para-hydroxylation sites is 1. The molecule has 2 N–H and O–H groups in total. The van der Waals surface area contributed by atoms with Crippen molar-refractivity contribution in [1.29, 1.82) is 0 Å². The topological polar surface area (TPSA) is 67.4 Å². The van der Waals surface area contributed by atoms with Gasteiger partial charge in [0.1, 0.15) is 11.8 Å². The molecule has 0 spiro atoms. The van der Waals surface area contributed by atoms with Gasteiger partial charge in [-0.3, -0.25) is 9.59 Å². The molecule has 0 aliphatic heterocycles. The van der Waals surface area contributed by atoms with E-state index >= 15 is 0 Å². The van der Waals surface area contributed by atoms with Crippen LogP contribution in [-0.4, -0.2) is 25.0 Å². The maximum absolute atomic E-state index is 13.4. The molecular formula is C29H26N2O3. The van der Waals surface area contributed by atoms with Crippen molar-refractivity contribution in [3.63, 3.8) is 0 Å². The van der Waals surface area contributed by atoms with Gasteiger partial charge in [0.2, 0.25) is 5.91 Å². The molecule has 4 aromatic carbocycles. The Morgan fingerprint density at radius 1 is 0.765 bits per heavy atom. The lowest BCUT2D eigenvalue weighted by Crippen LogP contribution is -2.45. The highest BCUT2D eigenvalue weighted by atomic mass is 16.5. The van der Waals surface area contributed by atoms with E-state index in [9.17, 15) is 9.59 Å². The van der Waals surface area contributed by atoms with Crippen molar-refractivity contribution in [3.05, 3.63) is 120 Å². The van der Waals surface area contributed by atoms with Gasteiger partial charge < -0.3 is 15.4 Å². The normalized spacial score (nSPS) is 11.3. The third-order valence-electron chi connectivity index (χ3n) is 5.53. The Kier molecular flexibility index (Phi) is 7.35. The number of hydrogen-bond donors (Lipinski definition) is 2. The van der Waals surface area contributed by atoms with Gasteiger partial charge in [0, 0.05) is 23.2 Å². The summed E-state index contributed by atoms with van der Waals surface area (Å²) in [6.07, 6.45) is 0.363. The summed E-state index contributed by atoms with van der Waals surface area (Å²) < 4.78 is 5.17. The van der Waals surface area contributed by atoms with Crippen LogP contribution in [0.25, 0.3) is 11.1 Å². The second kappa shape index (κ2) is 11.0. The van der Waals surface area contributed by atoms with E-state index in [4.69, 9.17) is 4.74 Å². The molecule has 4 aromatic rings. The second-order valence-corrected chi connectivity index (χ2v) is 7.85. The molecule has 0 aliphatic rings. The number of methoxy groups -OCH3 is 1. The van der Waals surface area contributed by atoms with Crippen LogP contribution in [0.2, 0.25) is 0 Å². The molecule has 0 aliphatic carbocycles. The van der Waals surface area contributed by atoms with Crippen molar-refractivity contribution in [2.24, 2.45) is 0 Å². The van der Waals surface area contributed by atoms with E-state index in [-0.39, 0.29) is 11.8 Å². The number of benzene rings is 4. The maximum atomic E-state index is 13.4. The molecule has 0 heterocycles.